The zero-order valence-corrected chi connectivity index (χ0v) is 14.8. The third-order valence-corrected chi connectivity index (χ3v) is 4.75. The molecule has 5 nitrogen and oxygen atoms in total. The van der Waals surface area contributed by atoms with Gasteiger partial charge < -0.3 is 4.74 Å². The minimum absolute atomic E-state index is 0.439. The van der Waals surface area contributed by atoms with Crippen molar-refractivity contribution in [1.29, 1.82) is 0 Å². The first-order chi connectivity index (χ1) is 12.8. The lowest BCUT2D eigenvalue weighted by molar-refractivity contribution is 0.245. The lowest BCUT2D eigenvalue weighted by atomic mass is 10.0. The molecule has 0 spiro atoms. The van der Waals surface area contributed by atoms with Crippen molar-refractivity contribution in [3.63, 3.8) is 0 Å². The molecule has 2 atom stereocenters. The highest BCUT2D eigenvalue weighted by Crippen LogP contribution is 2.36. The van der Waals surface area contributed by atoms with Gasteiger partial charge in [-0.05, 0) is 41.7 Å². The molecule has 5 heteroatoms. The summed E-state index contributed by atoms with van der Waals surface area (Å²) in [5, 5.41) is 0. The lowest BCUT2D eigenvalue weighted by Crippen LogP contribution is -2.23. The van der Waals surface area contributed by atoms with Crippen molar-refractivity contribution in [3.8, 4) is 11.6 Å². The Morgan fingerprint density at radius 2 is 1.88 bits per heavy atom. The Hall–Kier alpha value is -2.79. The van der Waals surface area contributed by atoms with E-state index in [1.54, 1.807) is 18.6 Å². The monoisotopic (exact) mass is 346 g/mol. The number of likely N-dealkylation sites (tertiary alicyclic amines) is 1. The van der Waals surface area contributed by atoms with Crippen molar-refractivity contribution >= 4 is 0 Å². The van der Waals surface area contributed by atoms with Crippen LogP contribution in [-0.2, 0) is 6.54 Å². The largest absolute Gasteiger partial charge is 0.438 e. The van der Waals surface area contributed by atoms with Crippen molar-refractivity contribution in [3.05, 3.63) is 78.5 Å². The molecule has 1 aliphatic heterocycles. The molecule has 0 N–H and O–H groups in total. The summed E-state index contributed by atoms with van der Waals surface area (Å²) in [7, 11) is 0. The number of pyridine rings is 1. The second-order valence-electron chi connectivity index (χ2n) is 6.86. The van der Waals surface area contributed by atoms with Gasteiger partial charge in [-0.15, -0.1) is 0 Å². The predicted molar refractivity (Wildman–Crippen MR) is 99.7 cm³/mol. The Morgan fingerprint density at radius 3 is 2.62 bits per heavy atom. The highest BCUT2D eigenvalue weighted by molar-refractivity contribution is 5.30. The van der Waals surface area contributed by atoms with Crippen LogP contribution in [0.3, 0.4) is 0 Å². The van der Waals surface area contributed by atoms with Crippen molar-refractivity contribution in [2.45, 2.75) is 25.9 Å². The molecule has 2 aromatic heterocycles. The molecule has 26 heavy (non-hydrogen) atoms. The van der Waals surface area contributed by atoms with Gasteiger partial charge in [0.15, 0.2) is 0 Å². The van der Waals surface area contributed by atoms with Gasteiger partial charge in [-0.25, -0.2) is 4.98 Å². The molecule has 132 valence electrons. The van der Waals surface area contributed by atoms with Gasteiger partial charge in [0.2, 0.25) is 5.88 Å². The van der Waals surface area contributed by atoms with E-state index in [1.807, 2.05) is 30.6 Å². The molecule has 0 aliphatic carbocycles. The van der Waals surface area contributed by atoms with Crippen molar-refractivity contribution in [2.24, 2.45) is 5.92 Å². The van der Waals surface area contributed by atoms with Gasteiger partial charge in [-0.3, -0.25) is 14.9 Å². The fourth-order valence-electron chi connectivity index (χ4n) is 3.58. The van der Waals surface area contributed by atoms with E-state index in [1.165, 1.54) is 17.5 Å². The van der Waals surface area contributed by atoms with Crippen LogP contribution in [0.2, 0.25) is 0 Å². The summed E-state index contributed by atoms with van der Waals surface area (Å²) in [6.45, 7) is 4.36. The molecule has 0 amide bonds. The second kappa shape index (κ2) is 7.62. The average Bonchev–Trinajstić information content (AvgIpc) is 3.05. The van der Waals surface area contributed by atoms with E-state index in [4.69, 9.17) is 4.74 Å². The van der Waals surface area contributed by atoms with Crippen LogP contribution in [-0.4, -0.2) is 26.4 Å². The van der Waals surface area contributed by atoms with Crippen molar-refractivity contribution < 1.29 is 4.74 Å². The molecule has 3 aromatic rings. The Labute approximate surface area is 153 Å². The van der Waals surface area contributed by atoms with E-state index in [9.17, 15) is 0 Å². The third kappa shape index (κ3) is 3.89. The molecular formula is C21H22N4O. The standard InChI is InChI=1S/C21H22N4O/c1-16-11-20(18-3-2-8-22-12-18)25(14-16)15-17-4-6-19(7-5-17)26-21-13-23-9-10-24-21/h2-10,12-13,16,20H,11,14-15H2,1H3. The van der Waals surface area contributed by atoms with Gasteiger partial charge in [0, 0.05) is 43.9 Å². The highest BCUT2D eigenvalue weighted by atomic mass is 16.5. The van der Waals surface area contributed by atoms with E-state index < -0.39 is 0 Å². The van der Waals surface area contributed by atoms with Crippen LogP contribution in [0.15, 0.2) is 67.4 Å². The van der Waals surface area contributed by atoms with E-state index in [-0.39, 0.29) is 0 Å². The molecule has 0 radical (unpaired) electrons. The van der Waals surface area contributed by atoms with Crippen LogP contribution in [0.25, 0.3) is 0 Å². The molecule has 1 aromatic carbocycles. The highest BCUT2D eigenvalue weighted by Gasteiger charge is 2.30. The molecule has 0 saturated carbocycles. The molecule has 1 aliphatic rings. The Kier molecular flexibility index (Phi) is 4.88. The van der Waals surface area contributed by atoms with E-state index in [2.05, 4.69) is 45.0 Å². The van der Waals surface area contributed by atoms with Crippen LogP contribution in [0.4, 0.5) is 0 Å². The Balaban J connectivity index is 1.44. The molecular weight excluding hydrogens is 324 g/mol. The fourth-order valence-corrected chi connectivity index (χ4v) is 3.58. The number of benzene rings is 1. The predicted octanol–water partition coefficient (Wildman–Crippen LogP) is 4.25. The summed E-state index contributed by atoms with van der Waals surface area (Å²) in [5.74, 6) is 1.97. The fraction of sp³-hybridized carbons (Fsp3) is 0.286. The van der Waals surface area contributed by atoms with Crippen molar-refractivity contribution in [2.75, 3.05) is 6.54 Å². The van der Waals surface area contributed by atoms with Gasteiger partial charge in [0.1, 0.15) is 5.75 Å². The number of rotatable bonds is 5. The molecule has 0 bridgehead atoms. The van der Waals surface area contributed by atoms with Crippen LogP contribution in [0.5, 0.6) is 11.6 Å². The summed E-state index contributed by atoms with van der Waals surface area (Å²) in [6.07, 6.45) is 9.87. The third-order valence-electron chi connectivity index (χ3n) is 4.75. The Bertz CT molecular complexity index is 824. The summed E-state index contributed by atoms with van der Waals surface area (Å²) in [6, 6.07) is 12.9. The van der Waals surface area contributed by atoms with Crippen LogP contribution in [0.1, 0.15) is 30.5 Å². The van der Waals surface area contributed by atoms with E-state index in [0.717, 1.165) is 18.8 Å². The first-order valence-electron chi connectivity index (χ1n) is 8.95. The van der Waals surface area contributed by atoms with E-state index >= 15 is 0 Å². The van der Waals surface area contributed by atoms with Gasteiger partial charge in [-0.1, -0.05) is 25.1 Å². The SMILES string of the molecule is CC1CC(c2cccnc2)N(Cc2ccc(Oc3cnccn3)cc2)C1. The number of hydrogen-bond donors (Lipinski definition) is 0. The van der Waals surface area contributed by atoms with Crippen LogP contribution in [0, 0.1) is 5.92 Å². The van der Waals surface area contributed by atoms with E-state index in [0.29, 0.717) is 17.8 Å². The topological polar surface area (TPSA) is 51.1 Å². The van der Waals surface area contributed by atoms with Crippen LogP contribution < -0.4 is 4.74 Å². The minimum atomic E-state index is 0.439. The zero-order chi connectivity index (χ0) is 17.8. The molecule has 4 rings (SSSR count). The van der Waals surface area contributed by atoms with Gasteiger partial charge in [0.05, 0.1) is 6.20 Å². The van der Waals surface area contributed by atoms with Gasteiger partial charge in [0.25, 0.3) is 0 Å². The lowest BCUT2D eigenvalue weighted by Gasteiger charge is -2.24. The quantitative estimate of drug-likeness (QED) is 0.691. The number of nitrogens with zero attached hydrogens (tertiary/aromatic N) is 4. The summed E-state index contributed by atoms with van der Waals surface area (Å²) in [4.78, 5) is 15.0. The number of ether oxygens (including phenoxy) is 1. The second-order valence-corrected chi connectivity index (χ2v) is 6.86. The summed E-state index contributed by atoms with van der Waals surface area (Å²) < 4.78 is 5.72. The minimum Gasteiger partial charge on any atom is -0.438 e. The molecule has 1 fully saturated rings. The summed E-state index contributed by atoms with van der Waals surface area (Å²) in [5.41, 5.74) is 2.58. The maximum Gasteiger partial charge on any atom is 0.237 e. The van der Waals surface area contributed by atoms with Crippen molar-refractivity contribution in [1.82, 2.24) is 19.9 Å². The van der Waals surface area contributed by atoms with Gasteiger partial charge in [-0.2, -0.15) is 0 Å². The molecule has 3 heterocycles. The Morgan fingerprint density at radius 1 is 1.04 bits per heavy atom. The summed E-state index contributed by atoms with van der Waals surface area (Å²) >= 11 is 0. The number of aromatic nitrogens is 3. The smallest absolute Gasteiger partial charge is 0.237 e. The van der Waals surface area contributed by atoms with Gasteiger partial charge >= 0.3 is 0 Å². The number of hydrogen-bond acceptors (Lipinski definition) is 5. The molecule has 2 unspecified atom stereocenters. The first-order valence-corrected chi connectivity index (χ1v) is 8.95. The maximum absolute atomic E-state index is 5.72. The first kappa shape index (κ1) is 16.7. The normalized spacial score (nSPS) is 20.2. The maximum atomic E-state index is 5.72. The average molecular weight is 346 g/mol. The van der Waals surface area contributed by atoms with Crippen LogP contribution >= 0.6 is 0 Å². The zero-order valence-electron chi connectivity index (χ0n) is 14.8. The molecule has 1 saturated heterocycles.